The Morgan fingerprint density at radius 1 is 1.62 bits per heavy atom. The molecule has 88 valence electrons. The molecule has 6 heteroatoms. The van der Waals surface area contributed by atoms with Crippen LogP contribution in [-0.4, -0.2) is 35.4 Å². The maximum Gasteiger partial charge on any atom is 0.244 e. The van der Waals surface area contributed by atoms with Crippen molar-refractivity contribution in [3.05, 3.63) is 17.8 Å². The number of nitrogens with one attached hydrogen (secondary N) is 1. The highest BCUT2D eigenvalue weighted by Gasteiger charge is 2.11. The average Bonchev–Trinajstić information content (AvgIpc) is 2.27. The summed E-state index contributed by atoms with van der Waals surface area (Å²) in [7, 11) is 0. The van der Waals surface area contributed by atoms with E-state index in [9.17, 15) is 0 Å². The van der Waals surface area contributed by atoms with Crippen LogP contribution in [0.5, 0.6) is 5.88 Å². The van der Waals surface area contributed by atoms with Crippen molar-refractivity contribution in [1.29, 1.82) is 5.41 Å². The van der Waals surface area contributed by atoms with E-state index in [4.69, 9.17) is 20.6 Å². The second kappa shape index (κ2) is 6.02. The molecule has 16 heavy (non-hydrogen) atoms. The predicted octanol–water partition coefficient (Wildman–Crippen LogP) is 0.564. The second-order valence-corrected chi connectivity index (χ2v) is 3.25. The highest BCUT2D eigenvalue weighted by atomic mass is 16.5. The van der Waals surface area contributed by atoms with Crippen LogP contribution in [0, 0.1) is 5.41 Å². The molecule has 0 radical (unpaired) electrons. The van der Waals surface area contributed by atoms with Crippen LogP contribution in [-0.2, 0) is 4.74 Å². The first kappa shape index (κ1) is 12.4. The molecule has 0 fully saturated rings. The molecule has 0 bridgehead atoms. The van der Waals surface area contributed by atoms with Crippen LogP contribution < -0.4 is 10.5 Å². The normalized spacial score (nSPS) is 12.1. The van der Waals surface area contributed by atoms with Gasteiger partial charge in [-0.15, -0.1) is 5.10 Å². The van der Waals surface area contributed by atoms with Crippen molar-refractivity contribution in [2.75, 3.05) is 13.2 Å². The molecule has 3 N–H and O–H groups in total. The van der Waals surface area contributed by atoms with Gasteiger partial charge >= 0.3 is 0 Å². The van der Waals surface area contributed by atoms with Crippen LogP contribution in [0.3, 0.4) is 0 Å². The maximum atomic E-state index is 7.36. The summed E-state index contributed by atoms with van der Waals surface area (Å²) in [5.74, 6) is 0.177. The zero-order valence-corrected chi connectivity index (χ0v) is 9.43. The van der Waals surface area contributed by atoms with Crippen molar-refractivity contribution in [3.63, 3.8) is 0 Å². The van der Waals surface area contributed by atoms with Crippen molar-refractivity contribution in [1.82, 2.24) is 10.2 Å². The fourth-order valence-electron chi connectivity index (χ4n) is 1.12. The molecule has 1 aromatic heterocycles. The summed E-state index contributed by atoms with van der Waals surface area (Å²) in [5, 5.41) is 14.8. The number of ether oxygens (including phenoxy) is 2. The Hall–Kier alpha value is -1.69. The molecule has 0 saturated carbocycles. The van der Waals surface area contributed by atoms with Gasteiger partial charge in [-0.2, -0.15) is 5.10 Å². The quantitative estimate of drug-likeness (QED) is 0.544. The minimum absolute atomic E-state index is 0.0893. The number of amidine groups is 1. The lowest BCUT2D eigenvalue weighted by atomic mass is 10.3. The Morgan fingerprint density at radius 2 is 2.38 bits per heavy atom. The number of hydrogen-bond donors (Lipinski definition) is 2. The summed E-state index contributed by atoms with van der Waals surface area (Å²) in [6, 6.07) is 1.60. The molecule has 0 amide bonds. The third kappa shape index (κ3) is 3.47. The number of nitrogens with zero attached hydrogens (tertiary/aromatic N) is 2. The molecule has 0 aromatic carbocycles. The van der Waals surface area contributed by atoms with Gasteiger partial charge < -0.3 is 15.2 Å². The first-order valence-corrected chi connectivity index (χ1v) is 5.05. The highest BCUT2D eigenvalue weighted by Crippen LogP contribution is 2.13. The summed E-state index contributed by atoms with van der Waals surface area (Å²) in [4.78, 5) is 0. The minimum Gasteiger partial charge on any atom is -0.471 e. The van der Waals surface area contributed by atoms with Gasteiger partial charge in [-0.25, -0.2) is 0 Å². The van der Waals surface area contributed by atoms with Crippen molar-refractivity contribution >= 4 is 5.84 Å². The van der Waals surface area contributed by atoms with E-state index in [1.165, 1.54) is 6.20 Å². The Bertz CT molecular complexity index is 356. The van der Waals surface area contributed by atoms with Gasteiger partial charge in [-0.3, -0.25) is 5.41 Å². The first-order chi connectivity index (χ1) is 7.65. The summed E-state index contributed by atoms with van der Waals surface area (Å²) >= 11 is 0. The van der Waals surface area contributed by atoms with E-state index in [1.807, 2.05) is 13.8 Å². The zero-order chi connectivity index (χ0) is 12.0. The molecule has 0 spiro atoms. The third-order valence-electron chi connectivity index (χ3n) is 1.85. The summed E-state index contributed by atoms with van der Waals surface area (Å²) in [6.07, 6.45) is 1.31. The van der Waals surface area contributed by atoms with Gasteiger partial charge in [0.15, 0.2) is 0 Å². The van der Waals surface area contributed by atoms with Crippen molar-refractivity contribution in [2.24, 2.45) is 5.73 Å². The van der Waals surface area contributed by atoms with Crippen LogP contribution >= 0.6 is 0 Å². The van der Waals surface area contributed by atoms with E-state index < -0.39 is 0 Å². The molecule has 1 rings (SSSR count). The van der Waals surface area contributed by atoms with Gasteiger partial charge in [0.2, 0.25) is 5.88 Å². The van der Waals surface area contributed by atoms with E-state index in [1.54, 1.807) is 6.07 Å². The fourth-order valence-corrected chi connectivity index (χ4v) is 1.12. The summed E-state index contributed by atoms with van der Waals surface area (Å²) < 4.78 is 10.7. The average molecular weight is 224 g/mol. The SMILES string of the molecule is CCOCC(C)Oc1nnccc1C(=N)N. The van der Waals surface area contributed by atoms with Crippen LogP contribution in [0.1, 0.15) is 19.4 Å². The van der Waals surface area contributed by atoms with Gasteiger partial charge in [0.1, 0.15) is 11.9 Å². The van der Waals surface area contributed by atoms with Gasteiger partial charge in [0, 0.05) is 6.61 Å². The second-order valence-electron chi connectivity index (χ2n) is 3.25. The lowest BCUT2D eigenvalue weighted by molar-refractivity contribution is 0.0627. The number of nitrogen functional groups attached to an aromatic ring is 1. The molecule has 0 aliphatic carbocycles. The smallest absolute Gasteiger partial charge is 0.244 e. The van der Waals surface area contributed by atoms with Gasteiger partial charge in [0.25, 0.3) is 0 Å². The summed E-state index contributed by atoms with van der Waals surface area (Å²) in [6.45, 7) is 4.86. The van der Waals surface area contributed by atoms with Gasteiger partial charge in [-0.1, -0.05) is 0 Å². The molecule has 1 unspecified atom stereocenters. The van der Waals surface area contributed by atoms with E-state index in [0.717, 1.165) is 0 Å². The third-order valence-corrected chi connectivity index (χ3v) is 1.85. The van der Waals surface area contributed by atoms with E-state index in [2.05, 4.69) is 10.2 Å². The molecule has 6 nitrogen and oxygen atoms in total. The van der Waals surface area contributed by atoms with Crippen LogP contribution in [0.4, 0.5) is 0 Å². The largest absolute Gasteiger partial charge is 0.471 e. The zero-order valence-electron chi connectivity index (χ0n) is 9.43. The van der Waals surface area contributed by atoms with Gasteiger partial charge in [0.05, 0.1) is 18.4 Å². The van der Waals surface area contributed by atoms with Crippen LogP contribution in [0.15, 0.2) is 12.3 Å². The molecule has 1 atom stereocenters. The minimum atomic E-state index is -0.158. The molecule has 0 saturated heterocycles. The first-order valence-electron chi connectivity index (χ1n) is 5.05. The van der Waals surface area contributed by atoms with Gasteiger partial charge in [-0.05, 0) is 19.9 Å². The number of hydrogen-bond acceptors (Lipinski definition) is 5. The highest BCUT2D eigenvalue weighted by molar-refractivity contribution is 5.96. The number of aromatic nitrogens is 2. The lowest BCUT2D eigenvalue weighted by Crippen LogP contribution is -2.22. The standard InChI is InChI=1S/C10H16N4O2/c1-3-15-6-7(2)16-10-8(9(11)12)4-5-13-14-10/h4-5,7H,3,6H2,1-2H3,(H3,11,12). The topological polar surface area (TPSA) is 94.1 Å². The monoisotopic (exact) mass is 224 g/mol. The molecular formula is C10H16N4O2. The fraction of sp³-hybridized carbons (Fsp3) is 0.500. The Kier molecular flexibility index (Phi) is 4.65. The molecule has 1 heterocycles. The maximum absolute atomic E-state index is 7.36. The Balaban J connectivity index is 2.69. The predicted molar refractivity (Wildman–Crippen MR) is 59.6 cm³/mol. The molecular weight excluding hydrogens is 208 g/mol. The molecule has 1 aromatic rings. The van der Waals surface area contributed by atoms with Crippen molar-refractivity contribution < 1.29 is 9.47 Å². The van der Waals surface area contributed by atoms with E-state index in [-0.39, 0.29) is 17.8 Å². The van der Waals surface area contributed by atoms with Crippen LogP contribution in [0.25, 0.3) is 0 Å². The van der Waals surface area contributed by atoms with E-state index >= 15 is 0 Å². The van der Waals surface area contributed by atoms with Crippen molar-refractivity contribution in [2.45, 2.75) is 20.0 Å². The summed E-state index contributed by atoms with van der Waals surface area (Å²) in [5.41, 5.74) is 5.84. The van der Waals surface area contributed by atoms with E-state index in [0.29, 0.717) is 18.8 Å². The molecule has 0 aliphatic heterocycles. The van der Waals surface area contributed by atoms with Crippen molar-refractivity contribution in [3.8, 4) is 5.88 Å². The Labute approximate surface area is 94.3 Å². The van der Waals surface area contributed by atoms with Crippen LogP contribution in [0.2, 0.25) is 0 Å². The number of nitrogens with two attached hydrogens (primary N) is 1. The molecule has 0 aliphatic rings. The number of rotatable bonds is 6. The Morgan fingerprint density at radius 3 is 3.00 bits per heavy atom. The lowest BCUT2D eigenvalue weighted by Gasteiger charge is -2.14.